The monoisotopic (exact) mass is 489 g/mol. The van der Waals surface area contributed by atoms with Crippen LogP contribution in [0.15, 0.2) is 46.9 Å². The van der Waals surface area contributed by atoms with E-state index >= 15 is 0 Å². The normalized spacial score (nSPS) is 11.5. The van der Waals surface area contributed by atoms with Crippen LogP contribution in [-0.4, -0.2) is 45.0 Å². The smallest absolute Gasteiger partial charge is 0.233 e. The van der Waals surface area contributed by atoms with Gasteiger partial charge in [0.25, 0.3) is 0 Å². The first kappa shape index (κ1) is 24.4. The first-order valence-electron chi connectivity index (χ1n) is 9.74. The van der Waals surface area contributed by atoms with Gasteiger partial charge in [0, 0.05) is 36.4 Å². The lowest BCUT2D eigenvalue weighted by Gasteiger charge is -2.22. The number of hydrogen-bond donors (Lipinski definition) is 4. The SMILES string of the molecule is COCCN(C)c1ccc([C@H](C)NC(=O)CC(=O)Nc2ccc(C(=N)N)cc2)cc1Br. The summed E-state index contributed by atoms with van der Waals surface area (Å²) in [5.41, 5.74) is 8.45. The number of amidine groups is 1. The first-order chi connectivity index (χ1) is 14.7. The van der Waals surface area contributed by atoms with Crippen LogP contribution in [0, 0.1) is 5.41 Å². The minimum Gasteiger partial charge on any atom is -0.384 e. The van der Waals surface area contributed by atoms with Crippen LogP contribution < -0.4 is 21.3 Å². The third-order valence-corrected chi connectivity index (χ3v) is 5.33. The van der Waals surface area contributed by atoms with Crippen molar-refractivity contribution in [3.8, 4) is 0 Å². The van der Waals surface area contributed by atoms with Crippen LogP contribution in [0.1, 0.15) is 30.5 Å². The molecule has 0 saturated heterocycles. The summed E-state index contributed by atoms with van der Waals surface area (Å²) in [7, 11) is 3.65. The van der Waals surface area contributed by atoms with Gasteiger partial charge in [0.15, 0.2) is 0 Å². The summed E-state index contributed by atoms with van der Waals surface area (Å²) in [6, 6.07) is 12.2. The van der Waals surface area contributed by atoms with Crippen molar-refractivity contribution >= 4 is 45.0 Å². The summed E-state index contributed by atoms with van der Waals surface area (Å²) in [6.45, 7) is 3.25. The lowest BCUT2D eigenvalue weighted by atomic mass is 10.1. The molecule has 0 fully saturated rings. The number of anilines is 2. The molecule has 0 aliphatic carbocycles. The van der Waals surface area contributed by atoms with E-state index in [1.165, 1.54) is 0 Å². The van der Waals surface area contributed by atoms with E-state index in [-0.39, 0.29) is 24.2 Å². The summed E-state index contributed by atoms with van der Waals surface area (Å²) in [5.74, 6) is -0.841. The fraction of sp³-hybridized carbons (Fsp3) is 0.318. The molecule has 0 aliphatic heterocycles. The molecule has 9 heteroatoms. The van der Waals surface area contributed by atoms with Gasteiger partial charge in [-0.15, -0.1) is 0 Å². The number of carbonyl (C=O) groups is 2. The summed E-state index contributed by atoms with van der Waals surface area (Å²) >= 11 is 3.59. The molecule has 1 atom stereocenters. The van der Waals surface area contributed by atoms with Crippen LogP contribution in [0.4, 0.5) is 11.4 Å². The average Bonchev–Trinajstić information content (AvgIpc) is 2.71. The van der Waals surface area contributed by atoms with E-state index in [1.54, 1.807) is 31.4 Å². The Labute approximate surface area is 190 Å². The second-order valence-electron chi connectivity index (χ2n) is 7.13. The molecule has 0 spiro atoms. The van der Waals surface area contributed by atoms with Gasteiger partial charge in [-0.25, -0.2) is 0 Å². The van der Waals surface area contributed by atoms with Gasteiger partial charge in [-0.05, 0) is 64.8 Å². The number of benzene rings is 2. The Balaban J connectivity index is 1.90. The zero-order chi connectivity index (χ0) is 23.0. The quantitative estimate of drug-likeness (QED) is 0.232. The highest BCUT2D eigenvalue weighted by atomic mass is 79.9. The maximum Gasteiger partial charge on any atom is 0.233 e. The van der Waals surface area contributed by atoms with Crippen molar-refractivity contribution in [1.29, 1.82) is 5.41 Å². The minimum atomic E-state index is -0.420. The zero-order valence-corrected chi connectivity index (χ0v) is 19.5. The zero-order valence-electron chi connectivity index (χ0n) is 17.9. The summed E-state index contributed by atoms with van der Waals surface area (Å²) < 4.78 is 6.03. The summed E-state index contributed by atoms with van der Waals surface area (Å²) in [5, 5.41) is 12.9. The highest BCUT2D eigenvalue weighted by Crippen LogP contribution is 2.28. The number of ether oxygens (including phenoxy) is 1. The van der Waals surface area contributed by atoms with E-state index in [0.29, 0.717) is 17.9 Å². The number of nitrogens with zero attached hydrogens (tertiary/aromatic N) is 1. The van der Waals surface area contributed by atoms with Gasteiger partial charge in [0.05, 0.1) is 18.3 Å². The molecule has 166 valence electrons. The molecule has 2 aromatic carbocycles. The molecular weight excluding hydrogens is 462 g/mol. The number of methoxy groups -OCH3 is 1. The fourth-order valence-electron chi connectivity index (χ4n) is 2.91. The van der Waals surface area contributed by atoms with Crippen LogP contribution >= 0.6 is 15.9 Å². The number of amides is 2. The van der Waals surface area contributed by atoms with E-state index in [1.807, 2.05) is 32.2 Å². The molecule has 0 bridgehead atoms. The minimum absolute atomic E-state index is 0.0486. The molecule has 5 N–H and O–H groups in total. The molecule has 2 amide bonds. The van der Waals surface area contributed by atoms with Gasteiger partial charge in [-0.2, -0.15) is 0 Å². The van der Waals surface area contributed by atoms with Crippen LogP contribution in [0.3, 0.4) is 0 Å². The predicted octanol–water partition coefficient (Wildman–Crippen LogP) is 3.02. The number of halogens is 1. The lowest BCUT2D eigenvalue weighted by Crippen LogP contribution is -2.30. The van der Waals surface area contributed by atoms with Gasteiger partial charge in [-0.3, -0.25) is 15.0 Å². The Kier molecular flexibility index (Phi) is 9.02. The first-order valence-corrected chi connectivity index (χ1v) is 10.5. The van der Waals surface area contributed by atoms with Crippen LogP contribution in [0.5, 0.6) is 0 Å². The molecule has 0 unspecified atom stereocenters. The number of rotatable bonds is 10. The third kappa shape index (κ3) is 7.37. The topological polar surface area (TPSA) is 121 Å². The predicted molar refractivity (Wildman–Crippen MR) is 127 cm³/mol. The standard InChI is InChI=1S/C22H28BrN5O3/c1-14(16-6-9-19(18(23)12-16)28(2)10-11-31-3)26-20(29)13-21(30)27-17-7-4-15(5-8-17)22(24)25/h4-9,12,14H,10-11,13H2,1-3H3,(H3,24,25)(H,26,29)(H,27,30)/t14-/m0/s1. The van der Waals surface area contributed by atoms with E-state index in [0.717, 1.165) is 22.3 Å². The second kappa shape index (κ2) is 11.5. The van der Waals surface area contributed by atoms with E-state index in [2.05, 4.69) is 31.5 Å². The molecular formula is C22H28BrN5O3. The summed E-state index contributed by atoms with van der Waals surface area (Å²) in [4.78, 5) is 26.5. The number of likely N-dealkylation sites (N-methyl/N-ethyl adjacent to an activating group) is 1. The van der Waals surface area contributed by atoms with Gasteiger partial charge in [0.1, 0.15) is 12.3 Å². The van der Waals surface area contributed by atoms with Gasteiger partial charge in [0.2, 0.25) is 11.8 Å². The Morgan fingerprint density at radius 3 is 2.45 bits per heavy atom. The Morgan fingerprint density at radius 2 is 1.87 bits per heavy atom. The molecule has 0 saturated carbocycles. The number of nitrogen functional groups attached to an aromatic ring is 1. The molecule has 0 radical (unpaired) electrons. The van der Waals surface area contributed by atoms with Crippen molar-refractivity contribution < 1.29 is 14.3 Å². The molecule has 0 aromatic heterocycles. The van der Waals surface area contributed by atoms with Gasteiger partial charge >= 0.3 is 0 Å². The van der Waals surface area contributed by atoms with Crippen molar-refractivity contribution in [2.45, 2.75) is 19.4 Å². The Bertz CT molecular complexity index is 933. The molecule has 8 nitrogen and oxygen atoms in total. The molecule has 31 heavy (non-hydrogen) atoms. The summed E-state index contributed by atoms with van der Waals surface area (Å²) in [6.07, 6.45) is -0.294. The largest absolute Gasteiger partial charge is 0.384 e. The molecule has 2 rings (SSSR count). The van der Waals surface area contributed by atoms with Gasteiger partial charge < -0.3 is 26.0 Å². The maximum atomic E-state index is 12.3. The Morgan fingerprint density at radius 1 is 1.19 bits per heavy atom. The molecule has 2 aromatic rings. The van der Waals surface area contributed by atoms with Crippen LogP contribution in [-0.2, 0) is 14.3 Å². The number of nitrogens with two attached hydrogens (primary N) is 1. The Hall–Kier alpha value is -2.91. The van der Waals surface area contributed by atoms with Gasteiger partial charge in [-0.1, -0.05) is 6.07 Å². The van der Waals surface area contributed by atoms with Crippen molar-refractivity contribution in [3.05, 3.63) is 58.1 Å². The number of carbonyl (C=O) groups excluding carboxylic acids is 2. The lowest BCUT2D eigenvalue weighted by molar-refractivity contribution is -0.127. The highest BCUT2D eigenvalue weighted by molar-refractivity contribution is 9.10. The molecule has 0 aliphatic rings. The number of hydrogen-bond acceptors (Lipinski definition) is 5. The average molecular weight is 490 g/mol. The fourth-order valence-corrected chi connectivity index (χ4v) is 3.61. The van der Waals surface area contributed by atoms with Crippen molar-refractivity contribution in [3.63, 3.8) is 0 Å². The molecule has 0 heterocycles. The second-order valence-corrected chi connectivity index (χ2v) is 7.98. The van der Waals surface area contributed by atoms with E-state index in [4.69, 9.17) is 15.9 Å². The van der Waals surface area contributed by atoms with Crippen molar-refractivity contribution in [2.75, 3.05) is 37.5 Å². The van der Waals surface area contributed by atoms with Crippen LogP contribution in [0.25, 0.3) is 0 Å². The van der Waals surface area contributed by atoms with E-state index < -0.39 is 5.91 Å². The van der Waals surface area contributed by atoms with E-state index in [9.17, 15) is 9.59 Å². The third-order valence-electron chi connectivity index (χ3n) is 4.69. The van der Waals surface area contributed by atoms with Crippen molar-refractivity contribution in [2.24, 2.45) is 5.73 Å². The number of nitrogens with one attached hydrogen (secondary N) is 3. The highest BCUT2D eigenvalue weighted by Gasteiger charge is 2.15. The van der Waals surface area contributed by atoms with Crippen LogP contribution in [0.2, 0.25) is 0 Å². The van der Waals surface area contributed by atoms with Crippen molar-refractivity contribution in [1.82, 2.24) is 5.32 Å². The maximum absolute atomic E-state index is 12.3.